The number of hydrogen-bond acceptors (Lipinski definition) is 5. The lowest BCUT2D eigenvalue weighted by molar-refractivity contribution is 0.0668. The topological polar surface area (TPSA) is 54.0 Å². The van der Waals surface area contributed by atoms with Crippen LogP contribution < -0.4 is 9.47 Å². The molecule has 1 rings (SSSR count). The lowest BCUT2D eigenvalue weighted by atomic mass is 10.2. The molecule has 0 N–H and O–H groups in total. The molecule has 0 amide bonds. The number of ether oxygens (including phenoxy) is 4. The van der Waals surface area contributed by atoms with Crippen molar-refractivity contribution in [3.63, 3.8) is 0 Å². The van der Waals surface area contributed by atoms with Gasteiger partial charge in [0.25, 0.3) is 0 Å². The van der Waals surface area contributed by atoms with E-state index in [-0.39, 0.29) is 6.61 Å². The summed E-state index contributed by atoms with van der Waals surface area (Å²) in [5, 5.41) is 0. The van der Waals surface area contributed by atoms with Crippen molar-refractivity contribution in [2.75, 3.05) is 21.3 Å². The molecule has 5 heteroatoms. The minimum absolute atomic E-state index is 0.132. The van der Waals surface area contributed by atoms with Gasteiger partial charge in [0.2, 0.25) is 0 Å². The molecule has 0 bridgehead atoms. The minimum Gasteiger partial charge on any atom is -0.493 e. The predicted octanol–water partition coefficient (Wildman–Crippen LogP) is 1.99. The lowest BCUT2D eigenvalue weighted by Crippen LogP contribution is -2.04. The Hall–Kier alpha value is -1.91. The molecule has 0 aliphatic heterocycles. The van der Waals surface area contributed by atoms with Crippen LogP contribution in [0, 0.1) is 0 Å². The number of carbonyl (C=O) groups excluding carboxylic acids is 1. The van der Waals surface area contributed by atoms with Crippen LogP contribution in [-0.4, -0.2) is 27.5 Å². The number of carbonyl (C=O) groups is 1. The summed E-state index contributed by atoms with van der Waals surface area (Å²) in [7, 11) is 4.36. The molecule has 0 unspecified atom stereocenters. The SMILES string of the molecule is COC(=O)OCc1ccc(OC)c(OC)c1. The average molecular weight is 226 g/mol. The Morgan fingerprint density at radius 1 is 1.12 bits per heavy atom. The van der Waals surface area contributed by atoms with Gasteiger partial charge in [-0.05, 0) is 17.7 Å². The molecule has 0 atom stereocenters. The highest BCUT2D eigenvalue weighted by Gasteiger charge is 2.06. The molecular formula is C11H14O5. The molecule has 0 aliphatic carbocycles. The molecule has 1 aromatic rings. The van der Waals surface area contributed by atoms with E-state index in [0.29, 0.717) is 11.5 Å². The van der Waals surface area contributed by atoms with Gasteiger partial charge >= 0.3 is 6.16 Å². The van der Waals surface area contributed by atoms with Gasteiger partial charge in [0.1, 0.15) is 6.61 Å². The zero-order valence-electron chi connectivity index (χ0n) is 9.48. The van der Waals surface area contributed by atoms with Crippen LogP contribution in [0.15, 0.2) is 18.2 Å². The third-order valence-electron chi connectivity index (χ3n) is 1.97. The van der Waals surface area contributed by atoms with Gasteiger partial charge in [-0.15, -0.1) is 0 Å². The summed E-state index contributed by atoms with van der Waals surface area (Å²) in [4.78, 5) is 10.8. The first-order chi connectivity index (χ1) is 7.71. The number of methoxy groups -OCH3 is 3. The second kappa shape index (κ2) is 5.85. The van der Waals surface area contributed by atoms with Crippen molar-refractivity contribution in [2.24, 2.45) is 0 Å². The van der Waals surface area contributed by atoms with Crippen LogP contribution in [0.2, 0.25) is 0 Å². The van der Waals surface area contributed by atoms with Gasteiger partial charge in [0, 0.05) is 0 Å². The van der Waals surface area contributed by atoms with Gasteiger partial charge in [0.05, 0.1) is 21.3 Å². The van der Waals surface area contributed by atoms with E-state index in [2.05, 4.69) is 4.74 Å². The molecule has 16 heavy (non-hydrogen) atoms. The summed E-state index contributed by atoms with van der Waals surface area (Å²) in [6, 6.07) is 5.26. The number of benzene rings is 1. The molecule has 0 heterocycles. The highest BCUT2D eigenvalue weighted by atomic mass is 16.7. The number of rotatable bonds is 4. The lowest BCUT2D eigenvalue weighted by Gasteiger charge is -2.09. The largest absolute Gasteiger partial charge is 0.508 e. The van der Waals surface area contributed by atoms with Crippen molar-refractivity contribution in [1.29, 1.82) is 0 Å². The Balaban J connectivity index is 2.71. The van der Waals surface area contributed by atoms with Crippen LogP contribution >= 0.6 is 0 Å². The molecule has 0 saturated carbocycles. The van der Waals surface area contributed by atoms with Crippen LogP contribution in [-0.2, 0) is 16.1 Å². The molecule has 0 aromatic heterocycles. The molecular weight excluding hydrogens is 212 g/mol. The normalized spacial score (nSPS) is 9.44. The first-order valence-corrected chi connectivity index (χ1v) is 4.63. The van der Waals surface area contributed by atoms with Gasteiger partial charge in [-0.3, -0.25) is 0 Å². The fourth-order valence-electron chi connectivity index (χ4n) is 1.17. The zero-order valence-corrected chi connectivity index (χ0v) is 9.48. The fourth-order valence-corrected chi connectivity index (χ4v) is 1.17. The van der Waals surface area contributed by atoms with Crippen molar-refractivity contribution in [3.8, 4) is 11.5 Å². The molecule has 0 fully saturated rings. The quantitative estimate of drug-likeness (QED) is 0.735. The summed E-state index contributed by atoms with van der Waals surface area (Å²) in [5.41, 5.74) is 0.794. The van der Waals surface area contributed by atoms with Crippen molar-refractivity contribution >= 4 is 6.16 Å². The van der Waals surface area contributed by atoms with Crippen LogP contribution in [0.25, 0.3) is 0 Å². The Bertz CT molecular complexity index is 361. The third-order valence-corrected chi connectivity index (χ3v) is 1.97. The minimum atomic E-state index is -0.713. The highest BCUT2D eigenvalue weighted by molar-refractivity contribution is 5.59. The molecule has 0 saturated heterocycles. The van der Waals surface area contributed by atoms with Crippen molar-refractivity contribution in [1.82, 2.24) is 0 Å². The van der Waals surface area contributed by atoms with E-state index in [9.17, 15) is 4.79 Å². The maximum absolute atomic E-state index is 10.8. The molecule has 0 radical (unpaired) electrons. The molecule has 1 aromatic carbocycles. The predicted molar refractivity (Wildman–Crippen MR) is 56.7 cm³/mol. The first-order valence-electron chi connectivity index (χ1n) is 4.63. The van der Waals surface area contributed by atoms with Gasteiger partial charge in [0.15, 0.2) is 11.5 Å². The summed E-state index contributed by atoms with van der Waals surface area (Å²) in [6.45, 7) is 0.132. The van der Waals surface area contributed by atoms with Crippen LogP contribution in [0.5, 0.6) is 11.5 Å². The van der Waals surface area contributed by atoms with E-state index in [1.165, 1.54) is 7.11 Å². The Kier molecular flexibility index (Phi) is 4.44. The van der Waals surface area contributed by atoms with E-state index in [4.69, 9.17) is 14.2 Å². The summed E-state index contributed by atoms with van der Waals surface area (Å²) in [5.74, 6) is 1.22. The van der Waals surface area contributed by atoms with Gasteiger partial charge in [-0.1, -0.05) is 6.07 Å². The van der Waals surface area contributed by atoms with E-state index in [1.54, 1.807) is 32.4 Å². The van der Waals surface area contributed by atoms with E-state index in [1.807, 2.05) is 0 Å². The Labute approximate surface area is 93.9 Å². The van der Waals surface area contributed by atoms with Crippen molar-refractivity contribution in [2.45, 2.75) is 6.61 Å². The summed E-state index contributed by atoms with van der Waals surface area (Å²) < 4.78 is 19.3. The third kappa shape index (κ3) is 3.05. The van der Waals surface area contributed by atoms with Crippen LogP contribution in [0.3, 0.4) is 0 Å². The van der Waals surface area contributed by atoms with Crippen molar-refractivity contribution < 1.29 is 23.7 Å². The maximum atomic E-state index is 10.8. The molecule has 88 valence electrons. The maximum Gasteiger partial charge on any atom is 0.508 e. The zero-order chi connectivity index (χ0) is 12.0. The molecule has 0 aliphatic rings. The summed E-state index contributed by atoms with van der Waals surface area (Å²) >= 11 is 0. The monoisotopic (exact) mass is 226 g/mol. The van der Waals surface area contributed by atoms with Gasteiger partial charge in [-0.2, -0.15) is 0 Å². The fraction of sp³-hybridized carbons (Fsp3) is 0.364. The van der Waals surface area contributed by atoms with E-state index >= 15 is 0 Å². The highest BCUT2D eigenvalue weighted by Crippen LogP contribution is 2.27. The van der Waals surface area contributed by atoms with Crippen LogP contribution in [0.4, 0.5) is 4.79 Å². The van der Waals surface area contributed by atoms with E-state index in [0.717, 1.165) is 5.56 Å². The summed E-state index contributed by atoms with van der Waals surface area (Å²) in [6.07, 6.45) is -0.713. The Morgan fingerprint density at radius 3 is 2.38 bits per heavy atom. The van der Waals surface area contributed by atoms with E-state index < -0.39 is 6.16 Å². The second-order valence-corrected chi connectivity index (χ2v) is 2.93. The molecule has 0 spiro atoms. The number of hydrogen-bond donors (Lipinski definition) is 0. The second-order valence-electron chi connectivity index (χ2n) is 2.93. The standard InChI is InChI=1S/C11H14O5/c1-13-9-5-4-8(6-10(9)14-2)7-16-11(12)15-3/h4-6H,7H2,1-3H3. The Morgan fingerprint density at radius 2 is 1.81 bits per heavy atom. The molecule has 5 nitrogen and oxygen atoms in total. The average Bonchev–Trinajstić information content (AvgIpc) is 2.35. The van der Waals surface area contributed by atoms with Crippen LogP contribution in [0.1, 0.15) is 5.56 Å². The van der Waals surface area contributed by atoms with Gasteiger partial charge in [-0.25, -0.2) is 4.79 Å². The van der Waals surface area contributed by atoms with Crippen molar-refractivity contribution in [3.05, 3.63) is 23.8 Å². The smallest absolute Gasteiger partial charge is 0.493 e. The van der Waals surface area contributed by atoms with Gasteiger partial charge < -0.3 is 18.9 Å². The first kappa shape index (κ1) is 12.2.